The number of esters is 3. The summed E-state index contributed by atoms with van der Waals surface area (Å²) in [7, 11) is 1.28. The second kappa shape index (κ2) is 10.9. The normalized spacial score (nSPS) is 18.4. The number of quaternary nitrogens is 1. The zero-order valence-electron chi connectivity index (χ0n) is 19.6. The fourth-order valence-corrected chi connectivity index (χ4v) is 2.39. The van der Waals surface area contributed by atoms with E-state index in [4.69, 9.17) is 19.0 Å². The number of carbonyl (C=O) groups excluding carboxylic acids is 3. The van der Waals surface area contributed by atoms with Gasteiger partial charge in [-0.05, 0) is 54.9 Å². The van der Waals surface area contributed by atoms with E-state index < -0.39 is 56.7 Å². The molecule has 30 heavy (non-hydrogen) atoms. The van der Waals surface area contributed by atoms with E-state index in [1.165, 1.54) is 14.0 Å². The first-order valence-corrected chi connectivity index (χ1v) is 10.6. The number of nitrogens with one attached hydrogen (secondary N) is 1. The van der Waals surface area contributed by atoms with Crippen molar-refractivity contribution in [3.8, 4) is 0 Å². The number of alkyl halides is 1. The summed E-state index contributed by atoms with van der Waals surface area (Å²) in [5.74, 6) is -2.57. The zero-order valence-corrected chi connectivity index (χ0v) is 21.2. The van der Waals surface area contributed by atoms with Gasteiger partial charge in [-0.1, -0.05) is 22.9 Å². The predicted molar refractivity (Wildman–Crippen MR) is 113 cm³/mol. The lowest BCUT2D eigenvalue weighted by atomic mass is 9.82. The van der Waals surface area contributed by atoms with Gasteiger partial charge in [0.05, 0.1) is 13.0 Å². The summed E-state index contributed by atoms with van der Waals surface area (Å²) in [5, 5.41) is 11.6. The molecule has 1 N–H and O–H groups in total. The standard InChI is InChI=1S/C20H36BrNO8/c1-11-20(9,17(25)27-10)13(3)28-15(23)12(2)19(7,8)30-22(26)14(4)29-16(24)18(5,6)21/h12-14,22H,11H2,1-10H3/t12-,13?,14-,20-/m0/s1. The van der Waals surface area contributed by atoms with Crippen molar-refractivity contribution in [2.24, 2.45) is 11.3 Å². The molecule has 0 amide bonds. The lowest BCUT2D eigenvalue weighted by molar-refractivity contribution is -1.09. The molecule has 5 atom stereocenters. The van der Waals surface area contributed by atoms with E-state index in [0.29, 0.717) is 6.42 Å². The zero-order chi connectivity index (χ0) is 24.1. The summed E-state index contributed by atoms with van der Waals surface area (Å²) in [4.78, 5) is 42.1. The number of methoxy groups -OCH3 is 1. The first-order valence-electron chi connectivity index (χ1n) is 9.85. The van der Waals surface area contributed by atoms with Crippen LogP contribution in [0.5, 0.6) is 0 Å². The van der Waals surface area contributed by atoms with Gasteiger partial charge in [-0.2, -0.15) is 10.1 Å². The molecule has 0 saturated heterocycles. The number of carbonyl (C=O) groups is 3. The maximum absolute atomic E-state index is 12.7. The Morgan fingerprint density at radius 1 is 1.00 bits per heavy atom. The predicted octanol–water partition coefficient (Wildman–Crippen LogP) is 2.30. The largest absolute Gasteiger partial charge is 0.597 e. The van der Waals surface area contributed by atoms with Gasteiger partial charge in [0.1, 0.15) is 21.4 Å². The quantitative estimate of drug-likeness (QED) is 0.152. The molecule has 9 nitrogen and oxygen atoms in total. The average Bonchev–Trinajstić information content (AvgIpc) is 2.64. The van der Waals surface area contributed by atoms with Crippen LogP contribution in [0.4, 0.5) is 0 Å². The molecule has 176 valence electrons. The molecule has 2 unspecified atom stereocenters. The van der Waals surface area contributed by atoms with Gasteiger partial charge in [0.25, 0.3) is 6.23 Å². The summed E-state index contributed by atoms with van der Waals surface area (Å²) in [6.07, 6.45) is -1.50. The fourth-order valence-electron chi connectivity index (χ4n) is 2.30. The maximum Gasteiger partial charge on any atom is 0.326 e. The first kappa shape index (κ1) is 28.8. The van der Waals surface area contributed by atoms with Crippen LogP contribution in [-0.2, 0) is 33.4 Å². The van der Waals surface area contributed by atoms with Crippen molar-refractivity contribution in [1.29, 1.82) is 0 Å². The van der Waals surface area contributed by atoms with E-state index in [0.717, 1.165) is 0 Å². The molecule has 0 bridgehead atoms. The lowest BCUT2D eigenvalue weighted by Crippen LogP contribution is -3.12. The Balaban J connectivity index is 5.14. The van der Waals surface area contributed by atoms with Crippen LogP contribution in [0.25, 0.3) is 0 Å². The van der Waals surface area contributed by atoms with Gasteiger partial charge >= 0.3 is 17.9 Å². The monoisotopic (exact) mass is 497 g/mol. The van der Waals surface area contributed by atoms with Crippen molar-refractivity contribution in [3.63, 3.8) is 0 Å². The number of ether oxygens (including phenoxy) is 3. The van der Waals surface area contributed by atoms with Crippen molar-refractivity contribution < 1.29 is 38.7 Å². The molecule has 10 heteroatoms. The van der Waals surface area contributed by atoms with Crippen LogP contribution in [0.15, 0.2) is 0 Å². The smallest absolute Gasteiger partial charge is 0.326 e. The van der Waals surface area contributed by atoms with Crippen LogP contribution in [-0.4, -0.2) is 47.3 Å². The van der Waals surface area contributed by atoms with Crippen LogP contribution in [0.1, 0.15) is 68.7 Å². The summed E-state index contributed by atoms with van der Waals surface area (Å²) in [6, 6.07) is 0. The van der Waals surface area contributed by atoms with E-state index in [1.807, 2.05) is 0 Å². The van der Waals surface area contributed by atoms with Gasteiger partial charge in [-0.3, -0.25) is 14.4 Å². The fraction of sp³-hybridized carbons (Fsp3) is 0.850. The molecule has 0 heterocycles. The van der Waals surface area contributed by atoms with Crippen molar-refractivity contribution in [3.05, 3.63) is 5.21 Å². The third kappa shape index (κ3) is 7.47. The third-order valence-electron chi connectivity index (χ3n) is 5.44. The molecule has 0 aliphatic carbocycles. The van der Waals surface area contributed by atoms with Crippen LogP contribution < -0.4 is 5.23 Å². The first-order chi connectivity index (χ1) is 13.4. The van der Waals surface area contributed by atoms with E-state index in [-0.39, 0.29) is 0 Å². The van der Waals surface area contributed by atoms with E-state index in [9.17, 15) is 19.6 Å². The maximum atomic E-state index is 12.7. The van der Waals surface area contributed by atoms with Crippen LogP contribution in [0.3, 0.4) is 0 Å². The van der Waals surface area contributed by atoms with Crippen molar-refractivity contribution in [2.45, 2.75) is 91.0 Å². The van der Waals surface area contributed by atoms with Gasteiger partial charge in [0, 0.05) is 6.92 Å². The minimum Gasteiger partial charge on any atom is -0.597 e. The average molecular weight is 498 g/mol. The Hall–Kier alpha value is -1.23. The molecule has 0 aromatic heterocycles. The van der Waals surface area contributed by atoms with Crippen LogP contribution in [0.2, 0.25) is 0 Å². The molecule has 0 fully saturated rings. The van der Waals surface area contributed by atoms with Crippen LogP contribution >= 0.6 is 15.9 Å². The third-order valence-corrected chi connectivity index (χ3v) is 5.76. The molecule has 0 rings (SSSR count). The second-order valence-corrected chi connectivity index (χ2v) is 10.6. The molecule has 0 radical (unpaired) electrons. The van der Waals surface area contributed by atoms with Crippen molar-refractivity contribution in [2.75, 3.05) is 7.11 Å². The molecular weight excluding hydrogens is 462 g/mol. The molecular formula is C20H36BrNO8. The summed E-state index contributed by atoms with van der Waals surface area (Å²) < 4.78 is 14.5. The summed E-state index contributed by atoms with van der Waals surface area (Å²) in [5.41, 5.74) is -2.25. The molecule has 0 spiro atoms. The second-order valence-electron chi connectivity index (χ2n) is 8.61. The number of hydrogen-bond donors (Lipinski definition) is 1. The van der Waals surface area contributed by atoms with E-state index in [1.54, 1.807) is 55.4 Å². The summed E-state index contributed by atoms with van der Waals surface area (Å²) >= 11 is 3.16. The Bertz CT molecular complexity index is 618. The number of hydroxylamine groups is 2. The highest BCUT2D eigenvalue weighted by Gasteiger charge is 2.44. The minimum absolute atomic E-state index is 0.410. The number of halogens is 1. The highest BCUT2D eigenvalue weighted by molar-refractivity contribution is 9.10. The molecule has 0 aromatic carbocycles. The SMILES string of the molecule is CC[C@](C)(C(=O)OC)C(C)OC(=O)[C@H](C)C(C)(C)O[NH+]([O-])[C@H](C)OC(=O)C(C)(C)Br. The Morgan fingerprint density at radius 2 is 1.50 bits per heavy atom. The van der Waals surface area contributed by atoms with E-state index in [2.05, 4.69) is 15.9 Å². The van der Waals surface area contributed by atoms with Gasteiger partial charge < -0.3 is 19.4 Å². The van der Waals surface area contributed by atoms with Crippen LogP contribution in [0, 0.1) is 16.5 Å². The minimum atomic E-state index is -1.24. The Morgan fingerprint density at radius 3 is 1.90 bits per heavy atom. The molecule has 0 aromatic rings. The van der Waals surface area contributed by atoms with Crippen molar-refractivity contribution >= 4 is 33.8 Å². The summed E-state index contributed by atoms with van der Waals surface area (Å²) in [6.45, 7) is 14.3. The van der Waals surface area contributed by atoms with Gasteiger partial charge in [-0.25, -0.2) is 0 Å². The number of hydrogen-bond acceptors (Lipinski definition) is 8. The van der Waals surface area contributed by atoms with Gasteiger partial charge in [-0.15, -0.1) is 0 Å². The highest BCUT2D eigenvalue weighted by atomic mass is 79.9. The van der Waals surface area contributed by atoms with Crippen molar-refractivity contribution in [1.82, 2.24) is 0 Å². The molecule has 0 aliphatic heterocycles. The Labute approximate surface area is 187 Å². The van der Waals surface area contributed by atoms with E-state index >= 15 is 0 Å². The van der Waals surface area contributed by atoms with Gasteiger partial charge in [0.2, 0.25) is 0 Å². The Kier molecular flexibility index (Phi) is 10.4. The number of rotatable bonds is 11. The van der Waals surface area contributed by atoms with Gasteiger partial charge in [0.15, 0.2) is 0 Å². The molecule has 0 saturated carbocycles. The highest BCUT2D eigenvalue weighted by Crippen LogP contribution is 2.31. The topological polar surface area (TPSA) is 116 Å². The molecule has 0 aliphatic rings. The lowest BCUT2D eigenvalue weighted by Gasteiger charge is -2.37.